The fraction of sp³-hybridized carbons (Fsp3) is 0.455. The second-order valence-corrected chi connectivity index (χ2v) is 7.66. The Labute approximate surface area is 127 Å². The van der Waals surface area contributed by atoms with Crippen LogP contribution in [-0.2, 0) is 17.1 Å². The van der Waals surface area contributed by atoms with Gasteiger partial charge >= 0.3 is 0 Å². The largest absolute Gasteiger partial charge is 0.360 e. The molecule has 116 valence electrons. The van der Waals surface area contributed by atoms with E-state index in [0.29, 0.717) is 11.7 Å². The van der Waals surface area contributed by atoms with Crippen LogP contribution in [0, 0.1) is 0 Å². The third-order valence-electron chi connectivity index (χ3n) is 2.94. The van der Waals surface area contributed by atoms with Crippen LogP contribution in [0.3, 0.4) is 0 Å². The van der Waals surface area contributed by atoms with Gasteiger partial charge in [0, 0.05) is 25.4 Å². The first-order valence-corrected chi connectivity index (χ1v) is 8.51. The summed E-state index contributed by atoms with van der Waals surface area (Å²) < 4.78 is 24.2. The van der Waals surface area contributed by atoms with Crippen molar-refractivity contribution in [2.75, 3.05) is 26.0 Å². The number of nitrogens with one attached hydrogen (secondary N) is 1. The molecular weight excluding hydrogens is 312 g/mol. The molecule has 2 heterocycles. The number of hydrogen-bond acceptors (Lipinski definition) is 7. The molecule has 0 bridgehead atoms. The highest BCUT2D eigenvalue weighted by Gasteiger charge is 2.17. The Kier molecular flexibility index (Phi) is 4.61. The van der Waals surface area contributed by atoms with Crippen molar-refractivity contribution in [2.45, 2.75) is 10.3 Å². The molecule has 0 radical (unpaired) electrons. The summed E-state index contributed by atoms with van der Waals surface area (Å²) >= 11 is 1.02. The summed E-state index contributed by atoms with van der Waals surface area (Å²) in [6.45, 7) is 0.580. The molecule has 0 aromatic carbocycles. The molecule has 0 saturated carbocycles. The Morgan fingerprint density at radius 1 is 1.48 bits per heavy atom. The van der Waals surface area contributed by atoms with Crippen LogP contribution in [0.5, 0.6) is 0 Å². The maximum atomic E-state index is 11.2. The second kappa shape index (κ2) is 6.10. The number of nitrogens with two attached hydrogens (primary N) is 1. The van der Waals surface area contributed by atoms with E-state index in [2.05, 4.69) is 20.3 Å². The summed E-state index contributed by atoms with van der Waals surface area (Å²) in [5, 5.41) is 12.9. The number of hydrogen-bond donors (Lipinski definition) is 2. The maximum absolute atomic E-state index is 11.2. The minimum absolute atomic E-state index is 0.0489. The Balaban J connectivity index is 2.07. The zero-order valence-electron chi connectivity index (χ0n) is 12.0. The van der Waals surface area contributed by atoms with Gasteiger partial charge in [-0.15, -0.1) is 0 Å². The van der Waals surface area contributed by atoms with Gasteiger partial charge < -0.3 is 10.2 Å². The molecule has 0 fully saturated rings. The fourth-order valence-electron chi connectivity index (χ4n) is 1.87. The van der Waals surface area contributed by atoms with Crippen molar-refractivity contribution in [1.29, 1.82) is 0 Å². The first kappa shape index (κ1) is 15.9. The molecule has 2 rings (SSSR count). The maximum Gasteiger partial charge on any atom is 0.249 e. The number of rotatable bonds is 6. The summed E-state index contributed by atoms with van der Waals surface area (Å²) in [4.78, 5) is 6.08. The van der Waals surface area contributed by atoms with E-state index in [4.69, 9.17) is 5.14 Å². The third kappa shape index (κ3) is 4.00. The smallest absolute Gasteiger partial charge is 0.249 e. The van der Waals surface area contributed by atoms with E-state index in [-0.39, 0.29) is 10.3 Å². The summed E-state index contributed by atoms with van der Waals surface area (Å²) in [5.74, 6) is 0. The van der Waals surface area contributed by atoms with Crippen LogP contribution in [0.25, 0.3) is 0 Å². The molecule has 0 spiro atoms. The van der Waals surface area contributed by atoms with Gasteiger partial charge in [-0.1, -0.05) is 11.3 Å². The first-order chi connectivity index (χ1) is 9.77. The normalized spacial score (nSPS) is 13.6. The Bertz CT molecular complexity index is 706. The van der Waals surface area contributed by atoms with Crippen LogP contribution in [0.4, 0.5) is 5.13 Å². The van der Waals surface area contributed by atoms with E-state index in [9.17, 15) is 8.42 Å². The molecule has 1 unspecified atom stereocenters. The Morgan fingerprint density at radius 2 is 2.19 bits per heavy atom. The molecule has 10 heteroatoms. The quantitative estimate of drug-likeness (QED) is 0.786. The van der Waals surface area contributed by atoms with Crippen LogP contribution < -0.4 is 10.5 Å². The highest BCUT2D eigenvalue weighted by molar-refractivity contribution is 7.91. The molecule has 2 aromatic heterocycles. The van der Waals surface area contributed by atoms with E-state index in [1.165, 1.54) is 6.20 Å². The van der Waals surface area contributed by atoms with E-state index in [0.717, 1.165) is 16.9 Å². The Hall–Kier alpha value is -1.49. The lowest BCUT2D eigenvalue weighted by molar-refractivity contribution is 0.311. The third-order valence-corrected chi connectivity index (χ3v) is 5.31. The van der Waals surface area contributed by atoms with E-state index < -0.39 is 10.0 Å². The fourth-order valence-corrected chi connectivity index (χ4v) is 3.33. The molecule has 8 nitrogen and oxygen atoms in total. The summed E-state index contributed by atoms with van der Waals surface area (Å²) in [6, 6.07) is 0.0977. The van der Waals surface area contributed by atoms with Crippen molar-refractivity contribution in [2.24, 2.45) is 12.2 Å². The minimum Gasteiger partial charge on any atom is -0.360 e. The molecular formula is C11H18N6O2S2. The summed E-state index contributed by atoms with van der Waals surface area (Å²) in [5.41, 5.74) is 1.07. The van der Waals surface area contributed by atoms with Crippen LogP contribution in [0.15, 0.2) is 22.8 Å². The molecule has 0 aliphatic rings. The van der Waals surface area contributed by atoms with Gasteiger partial charge in [0.2, 0.25) is 10.0 Å². The number of thiazole rings is 1. The number of anilines is 1. The SMILES string of the molecule is CN(C)C(CNc1ncc(S(N)(=O)=O)s1)c1cnn(C)c1. The predicted molar refractivity (Wildman–Crippen MR) is 81.6 cm³/mol. The van der Waals surface area contributed by atoms with Crippen molar-refractivity contribution in [3.05, 3.63) is 24.2 Å². The lowest BCUT2D eigenvalue weighted by atomic mass is 10.1. The molecule has 2 aromatic rings. The minimum atomic E-state index is -3.69. The van der Waals surface area contributed by atoms with Crippen LogP contribution in [-0.4, -0.2) is 48.7 Å². The highest BCUT2D eigenvalue weighted by atomic mass is 32.2. The highest BCUT2D eigenvalue weighted by Crippen LogP contribution is 2.23. The van der Waals surface area contributed by atoms with E-state index >= 15 is 0 Å². The van der Waals surface area contributed by atoms with Gasteiger partial charge in [0.25, 0.3) is 0 Å². The number of aryl methyl sites for hydroxylation is 1. The van der Waals surface area contributed by atoms with Crippen LogP contribution in [0.1, 0.15) is 11.6 Å². The monoisotopic (exact) mass is 330 g/mol. The summed E-state index contributed by atoms with van der Waals surface area (Å²) in [6.07, 6.45) is 5.02. The molecule has 0 aliphatic carbocycles. The van der Waals surface area contributed by atoms with Crippen molar-refractivity contribution in [3.8, 4) is 0 Å². The molecule has 21 heavy (non-hydrogen) atoms. The van der Waals surface area contributed by atoms with Gasteiger partial charge in [0.1, 0.15) is 0 Å². The molecule has 0 aliphatic heterocycles. The molecule has 0 saturated heterocycles. The van der Waals surface area contributed by atoms with Gasteiger partial charge in [-0.3, -0.25) is 4.68 Å². The predicted octanol–water partition coefficient (Wildman–Crippen LogP) is 0.239. The lowest BCUT2D eigenvalue weighted by Gasteiger charge is -2.23. The average molecular weight is 330 g/mol. The zero-order valence-corrected chi connectivity index (χ0v) is 13.6. The van der Waals surface area contributed by atoms with Gasteiger partial charge in [-0.2, -0.15) is 5.10 Å². The number of primary sulfonamides is 1. The number of sulfonamides is 1. The Morgan fingerprint density at radius 3 is 2.67 bits per heavy atom. The van der Waals surface area contributed by atoms with Gasteiger partial charge in [-0.25, -0.2) is 18.5 Å². The molecule has 1 atom stereocenters. The van der Waals surface area contributed by atoms with Crippen molar-refractivity contribution in [1.82, 2.24) is 19.7 Å². The van der Waals surface area contributed by atoms with Crippen molar-refractivity contribution in [3.63, 3.8) is 0 Å². The second-order valence-electron chi connectivity index (χ2n) is 4.84. The van der Waals surface area contributed by atoms with Crippen molar-refractivity contribution >= 4 is 26.5 Å². The number of nitrogens with zero attached hydrogens (tertiary/aromatic N) is 4. The zero-order chi connectivity index (χ0) is 15.6. The number of likely N-dealkylation sites (N-methyl/N-ethyl adjacent to an activating group) is 1. The van der Waals surface area contributed by atoms with Crippen LogP contribution in [0.2, 0.25) is 0 Å². The van der Waals surface area contributed by atoms with Gasteiger partial charge in [0.05, 0.1) is 18.4 Å². The first-order valence-electron chi connectivity index (χ1n) is 6.15. The lowest BCUT2D eigenvalue weighted by Crippen LogP contribution is -2.26. The molecule has 3 N–H and O–H groups in total. The summed E-state index contributed by atoms with van der Waals surface area (Å²) in [7, 11) is 2.11. The average Bonchev–Trinajstić information content (AvgIpc) is 2.98. The van der Waals surface area contributed by atoms with Crippen LogP contribution >= 0.6 is 11.3 Å². The van der Waals surface area contributed by atoms with E-state index in [1.807, 2.05) is 33.5 Å². The topological polar surface area (TPSA) is 106 Å². The number of aromatic nitrogens is 3. The van der Waals surface area contributed by atoms with Gasteiger partial charge in [0.15, 0.2) is 9.34 Å². The van der Waals surface area contributed by atoms with E-state index in [1.54, 1.807) is 4.68 Å². The molecule has 0 amide bonds. The standard InChI is InChI=1S/C11H18N6O2S2/c1-16(2)9(8-4-15-17(3)7-8)5-13-11-14-6-10(20-11)21(12,18)19/h4,6-7,9H,5H2,1-3H3,(H,13,14)(H2,12,18,19). The van der Waals surface area contributed by atoms with Crippen molar-refractivity contribution < 1.29 is 8.42 Å². The van der Waals surface area contributed by atoms with Gasteiger partial charge in [-0.05, 0) is 14.1 Å².